The first kappa shape index (κ1) is 21.2. The third kappa shape index (κ3) is 6.28. The lowest BCUT2D eigenvalue weighted by molar-refractivity contribution is -0.124. The number of amides is 2. The molecule has 8 heteroatoms. The fourth-order valence-electron chi connectivity index (χ4n) is 2.32. The fourth-order valence-corrected chi connectivity index (χ4v) is 2.54. The maximum atomic E-state index is 12.0. The van der Waals surface area contributed by atoms with Crippen molar-refractivity contribution >= 4 is 35.3 Å². The Hall–Kier alpha value is -3.06. The first-order valence-corrected chi connectivity index (χ1v) is 9.11. The van der Waals surface area contributed by atoms with Crippen molar-refractivity contribution < 1.29 is 19.4 Å². The molecule has 3 N–H and O–H groups in total. The van der Waals surface area contributed by atoms with E-state index in [0.29, 0.717) is 12.2 Å². The van der Waals surface area contributed by atoms with E-state index < -0.39 is 5.91 Å². The molecule has 0 atom stereocenters. The van der Waals surface area contributed by atoms with E-state index in [2.05, 4.69) is 15.8 Å². The highest BCUT2D eigenvalue weighted by molar-refractivity contribution is 6.32. The molecule has 7 nitrogen and oxygen atoms in total. The maximum absolute atomic E-state index is 12.0. The van der Waals surface area contributed by atoms with Crippen LogP contribution in [0.3, 0.4) is 0 Å². The number of phenols is 1. The van der Waals surface area contributed by atoms with Crippen LogP contribution in [-0.2, 0) is 9.59 Å². The van der Waals surface area contributed by atoms with E-state index in [1.54, 1.807) is 19.1 Å². The van der Waals surface area contributed by atoms with Gasteiger partial charge in [-0.25, -0.2) is 5.43 Å². The number of aromatic hydroxyl groups is 1. The molecule has 0 aliphatic carbocycles. The van der Waals surface area contributed by atoms with Crippen LogP contribution in [0.1, 0.15) is 30.9 Å². The van der Waals surface area contributed by atoms with E-state index in [1.165, 1.54) is 12.3 Å². The van der Waals surface area contributed by atoms with Gasteiger partial charge in [0, 0.05) is 18.5 Å². The van der Waals surface area contributed by atoms with Crippen molar-refractivity contribution in [3.05, 3.63) is 52.5 Å². The monoisotopic (exact) mass is 403 g/mol. The zero-order valence-corrected chi connectivity index (χ0v) is 16.4. The average Bonchev–Trinajstić information content (AvgIpc) is 2.66. The van der Waals surface area contributed by atoms with Crippen molar-refractivity contribution in [1.82, 2.24) is 5.43 Å². The van der Waals surface area contributed by atoms with E-state index in [1.807, 2.05) is 25.1 Å². The molecule has 148 valence electrons. The molecule has 0 radical (unpaired) electrons. The summed E-state index contributed by atoms with van der Waals surface area (Å²) < 4.78 is 5.28. The highest BCUT2D eigenvalue weighted by atomic mass is 35.5. The Morgan fingerprint density at radius 3 is 2.64 bits per heavy atom. The van der Waals surface area contributed by atoms with E-state index in [9.17, 15) is 14.7 Å². The molecular weight excluding hydrogens is 382 g/mol. The molecule has 2 amide bonds. The summed E-state index contributed by atoms with van der Waals surface area (Å²) in [6, 6.07) is 10.5. The van der Waals surface area contributed by atoms with Crippen LogP contribution in [0.5, 0.6) is 11.5 Å². The minimum Gasteiger partial charge on any atom is -0.503 e. The van der Waals surface area contributed by atoms with Crippen molar-refractivity contribution in [2.45, 2.75) is 26.7 Å². The van der Waals surface area contributed by atoms with Gasteiger partial charge in [0.2, 0.25) is 11.8 Å². The van der Waals surface area contributed by atoms with E-state index in [0.717, 1.165) is 11.3 Å². The lowest BCUT2D eigenvalue weighted by atomic mass is 10.2. The number of hydrogen-bond donors (Lipinski definition) is 3. The molecule has 0 saturated carbocycles. The van der Waals surface area contributed by atoms with Crippen LogP contribution in [-0.4, -0.2) is 29.7 Å². The lowest BCUT2D eigenvalue weighted by Crippen LogP contribution is -2.20. The van der Waals surface area contributed by atoms with Gasteiger partial charge in [0.25, 0.3) is 0 Å². The molecule has 0 unspecified atom stereocenters. The Labute approximate surface area is 168 Å². The molecule has 0 aliphatic rings. The number of anilines is 1. The molecule has 0 fully saturated rings. The van der Waals surface area contributed by atoms with Gasteiger partial charge < -0.3 is 15.2 Å². The van der Waals surface area contributed by atoms with Gasteiger partial charge in [0.05, 0.1) is 17.8 Å². The lowest BCUT2D eigenvalue weighted by Gasteiger charge is -2.08. The van der Waals surface area contributed by atoms with Gasteiger partial charge in [-0.1, -0.05) is 29.8 Å². The van der Waals surface area contributed by atoms with Gasteiger partial charge in [-0.05, 0) is 43.2 Å². The molecule has 0 aliphatic heterocycles. The first-order valence-electron chi connectivity index (χ1n) is 8.73. The van der Waals surface area contributed by atoms with Gasteiger partial charge in [-0.2, -0.15) is 5.10 Å². The molecule has 0 spiro atoms. The highest BCUT2D eigenvalue weighted by Crippen LogP contribution is 2.34. The summed E-state index contributed by atoms with van der Waals surface area (Å²) >= 11 is 5.93. The molecule has 0 saturated heterocycles. The number of nitrogens with one attached hydrogen (secondary N) is 2. The van der Waals surface area contributed by atoms with Crippen LogP contribution in [0.4, 0.5) is 5.69 Å². The van der Waals surface area contributed by atoms with E-state index in [4.69, 9.17) is 16.3 Å². The quantitative estimate of drug-likeness (QED) is 0.463. The Morgan fingerprint density at radius 1 is 1.21 bits per heavy atom. The zero-order valence-electron chi connectivity index (χ0n) is 15.7. The second-order valence-electron chi connectivity index (χ2n) is 5.94. The molecular formula is C20H22ClN3O4. The van der Waals surface area contributed by atoms with Gasteiger partial charge >= 0.3 is 0 Å². The number of hydrazone groups is 1. The van der Waals surface area contributed by atoms with Crippen LogP contribution in [0.15, 0.2) is 41.5 Å². The number of carbonyl (C=O) groups is 2. The van der Waals surface area contributed by atoms with Crippen LogP contribution in [0.2, 0.25) is 5.02 Å². The first-order chi connectivity index (χ1) is 13.4. The fraction of sp³-hybridized carbons (Fsp3) is 0.250. The molecule has 0 heterocycles. The van der Waals surface area contributed by atoms with E-state index in [-0.39, 0.29) is 35.3 Å². The van der Waals surface area contributed by atoms with Crippen molar-refractivity contribution in [2.24, 2.45) is 5.10 Å². The van der Waals surface area contributed by atoms with Crippen LogP contribution in [0, 0.1) is 6.92 Å². The predicted molar refractivity (Wildman–Crippen MR) is 109 cm³/mol. The Kier molecular flexibility index (Phi) is 7.83. The maximum Gasteiger partial charge on any atom is 0.240 e. The minimum absolute atomic E-state index is 0.00438. The summed E-state index contributed by atoms with van der Waals surface area (Å²) in [4.78, 5) is 23.8. The van der Waals surface area contributed by atoms with E-state index >= 15 is 0 Å². The van der Waals surface area contributed by atoms with Gasteiger partial charge in [-0.15, -0.1) is 0 Å². The van der Waals surface area contributed by atoms with Gasteiger partial charge in [0.1, 0.15) is 0 Å². The Morgan fingerprint density at radius 2 is 1.93 bits per heavy atom. The van der Waals surface area contributed by atoms with Crippen molar-refractivity contribution in [1.29, 1.82) is 0 Å². The summed E-state index contributed by atoms with van der Waals surface area (Å²) in [6.45, 7) is 4.04. The number of phenolic OH excluding ortho intramolecular Hbond substituents is 1. The third-order valence-corrected chi connectivity index (χ3v) is 4.04. The smallest absolute Gasteiger partial charge is 0.240 e. The SMILES string of the molecule is CCOc1cc(/C=N/NC(=O)CCC(=O)Nc2ccccc2C)cc(Cl)c1O. The Balaban J connectivity index is 1.83. The molecule has 0 bridgehead atoms. The highest BCUT2D eigenvalue weighted by Gasteiger charge is 2.10. The van der Waals surface area contributed by atoms with Crippen LogP contribution < -0.4 is 15.5 Å². The number of para-hydroxylation sites is 1. The molecule has 28 heavy (non-hydrogen) atoms. The summed E-state index contributed by atoms with van der Waals surface area (Å²) in [5.41, 5.74) is 4.57. The van der Waals surface area contributed by atoms with Gasteiger partial charge in [0.15, 0.2) is 11.5 Å². The number of benzene rings is 2. The molecule has 2 aromatic rings. The number of ether oxygens (including phenoxy) is 1. The average molecular weight is 404 g/mol. The summed E-state index contributed by atoms with van der Waals surface area (Å²) in [5.74, 6) is -0.564. The van der Waals surface area contributed by atoms with Crippen LogP contribution in [0.25, 0.3) is 0 Å². The number of halogens is 1. The standard InChI is InChI=1S/C20H22ClN3O4/c1-3-28-17-11-14(10-15(21)20(17)27)12-22-24-19(26)9-8-18(25)23-16-7-5-4-6-13(16)2/h4-7,10-12,27H,3,8-9H2,1-2H3,(H,23,25)(H,24,26)/b22-12+. The normalized spacial score (nSPS) is 10.7. The molecule has 2 rings (SSSR count). The minimum atomic E-state index is -0.397. The number of nitrogens with zero attached hydrogens (tertiary/aromatic N) is 1. The van der Waals surface area contributed by atoms with Crippen molar-refractivity contribution in [3.63, 3.8) is 0 Å². The predicted octanol–water partition coefficient (Wildman–Crippen LogP) is 3.62. The second kappa shape index (κ2) is 10.3. The molecule has 2 aromatic carbocycles. The third-order valence-electron chi connectivity index (χ3n) is 3.75. The number of rotatable bonds is 8. The van der Waals surface area contributed by atoms with Gasteiger partial charge in [-0.3, -0.25) is 9.59 Å². The number of carbonyl (C=O) groups excluding carboxylic acids is 2. The second-order valence-corrected chi connectivity index (χ2v) is 6.35. The topological polar surface area (TPSA) is 100 Å². The Bertz CT molecular complexity index is 884. The van der Waals surface area contributed by atoms with Crippen molar-refractivity contribution in [3.8, 4) is 11.5 Å². The van der Waals surface area contributed by atoms with Crippen LogP contribution >= 0.6 is 11.6 Å². The zero-order chi connectivity index (χ0) is 20.5. The summed E-state index contributed by atoms with van der Waals surface area (Å²) in [6.07, 6.45) is 1.41. The van der Waals surface area contributed by atoms with Crippen molar-refractivity contribution in [2.75, 3.05) is 11.9 Å². The molecule has 0 aromatic heterocycles. The summed E-state index contributed by atoms with van der Waals surface area (Å²) in [7, 11) is 0. The number of hydrogen-bond acceptors (Lipinski definition) is 5. The number of aryl methyl sites for hydroxylation is 1. The largest absolute Gasteiger partial charge is 0.503 e. The summed E-state index contributed by atoms with van der Waals surface area (Å²) in [5, 5.41) is 16.5.